The molecule has 2 aromatic carbocycles. The van der Waals surface area contributed by atoms with Crippen molar-refractivity contribution in [1.29, 1.82) is 5.26 Å². The number of nitriles is 1. The lowest BCUT2D eigenvalue weighted by Gasteiger charge is -2.06. The van der Waals surface area contributed by atoms with Gasteiger partial charge in [0.05, 0.1) is 11.6 Å². The van der Waals surface area contributed by atoms with Crippen LogP contribution < -0.4 is 9.47 Å². The van der Waals surface area contributed by atoms with Crippen LogP contribution in [0.5, 0.6) is 11.5 Å². The van der Waals surface area contributed by atoms with Crippen LogP contribution in [0.15, 0.2) is 36.4 Å². The molecule has 1 heterocycles. The SMILES string of the molecule is Cc1cc2c(cc1C=C(C#N)c1ccccc1Cl)OCO2. The molecule has 0 atom stereocenters. The van der Waals surface area contributed by atoms with Crippen LogP contribution in [0.3, 0.4) is 0 Å². The van der Waals surface area contributed by atoms with Gasteiger partial charge in [0.2, 0.25) is 6.79 Å². The minimum Gasteiger partial charge on any atom is -0.454 e. The minimum absolute atomic E-state index is 0.234. The van der Waals surface area contributed by atoms with Gasteiger partial charge in [0.15, 0.2) is 11.5 Å². The zero-order chi connectivity index (χ0) is 14.8. The van der Waals surface area contributed by atoms with Crippen molar-refractivity contribution < 1.29 is 9.47 Å². The Morgan fingerprint density at radius 3 is 2.67 bits per heavy atom. The number of aryl methyl sites for hydroxylation is 1. The molecule has 3 nitrogen and oxygen atoms in total. The molecule has 104 valence electrons. The second kappa shape index (κ2) is 5.51. The van der Waals surface area contributed by atoms with Crippen LogP contribution in [-0.2, 0) is 0 Å². The summed E-state index contributed by atoms with van der Waals surface area (Å²) in [7, 11) is 0. The van der Waals surface area contributed by atoms with E-state index in [2.05, 4.69) is 6.07 Å². The van der Waals surface area contributed by atoms with Crippen LogP contribution in [0, 0.1) is 18.3 Å². The number of ether oxygens (including phenoxy) is 2. The van der Waals surface area contributed by atoms with Gasteiger partial charge in [0.25, 0.3) is 0 Å². The van der Waals surface area contributed by atoms with Crippen molar-refractivity contribution in [2.45, 2.75) is 6.92 Å². The van der Waals surface area contributed by atoms with Crippen LogP contribution in [0.1, 0.15) is 16.7 Å². The highest BCUT2D eigenvalue weighted by Gasteiger charge is 2.15. The van der Waals surface area contributed by atoms with Crippen molar-refractivity contribution in [1.82, 2.24) is 0 Å². The van der Waals surface area contributed by atoms with E-state index in [0.717, 1.165) is 22.4 Å². The van der Waals surface area contributed by atoms with Crippen LogP contribution in [0.25, 0.3) is 11.6 Å². The molecular weight excluding hydrogens is 286 g/mol. The van der Waals surface area contributed by atoms with E-state index in [1.807, 2.05) is 43.3 Å². The van der Waals surface area contributed by atoms with Gasteiger partial charge in [-0.15, -0.1) is 0 Å². The molecular formula is C17H12ClNO2. The molecule has 1 aliphatic heterocycles. The molecule has 0 saturated heterocycles. The number of fused-ring (bicyclic) bond motifs is 1. The predicted octanol–water partition coefficient (Wildman–Crippen LogP) is 4.44. The third kappa shape index (κ3) is 2.58. The van der Waals surface area contributed by atoms with E-state index in [1.54, 1.807) is 6.07 Å². The maximum atomic E-state index is 9.42. The highest BCUT2D eigenvalue weighted by atomic mass is 35.5. The van der Waals surface area contributed by atoms with E-state index < -0.39 is 0 Å². The van der Waals surface area contributed by atoms with Crippen molar-refractivity contribution in [3.05, 3.63) is 58.1 Å². The van der Waals surface area contributed by atoms with Crippen molar-refractivity contribution >= 4 is 23.3 Å². The summed E-state index contributed by atoms with van der Waals surface area (Å²) < 4.78 is 10.7. The predicted molar refractivity (Wildman–Crippen MR) is 82.2 cm³/mol. The summed E-state index contributed by atoms with van der Waals surface area (Å²) >= 11 is 6.16. The third-order valence-corrected chi connectivity index (χ3v) is 3.68. The Hall–Kier alpha value is -2.44. The average Bonchev–Trinajstić information content (AvgIpc) is 2.92. The van der Waals surface area contributed by atoms with Crippen molar-refractivity contribution in [3.8, 4) is 17.6 Å². The zero-order valence-electron chi connectivity index (χ0n) is 11.4. The van der Waals surface area contributed by atoms with Gasteiger partial charge < -0.3 is 9.47 Å². The van der Waals surface area contributed by atoms with Crippen molar-refractivity contribution in [2.75, 3.05) is 6.79 Å². The van der Waals surface area contributed by atoms with E-state index in [0.29, 0.717) is 16.3 Å². The van der Waals surface area contributed by atoms with Crippen LogP contribution in [0.4, 0.5) is 0 Å². The largest absolute Gasteiger partial charge is 0.454 e. The molecule has 4 heteroatoms. The molecule has 3 rings (SSSR count). The van der Waals surface area contributed by atoms with Crippen molar-refractivity contribution in [3.63, 3.8) is 0 Å². The average molecular weight is 298 g/mol. The van der Waals surface area contributed by atoms with Gasteiger partial charge in [-0.3, -0.25) is 0 Å². The van der Waals surface area contributed by atoms with E-state index in [-0.39, 0.29) is 6.79 Å². The molecule has 0 aliphatic carbocycles. The molecule has 2 aromatic rings. The van der Waals surface area contributed by atoms with E-state index in [9.17, 15) is 5.26 Å². The van der Waals surface area contributed by atoms with Gasteiger partial charge in [0, 0.05) is 10.6 Å². The molecule has 0 N–H and O–H groups in total. The smallest absolute Gasteiger partial charge is 0.231 e. The fourth-order valence-electron chi connectivity index (χ4n) is 2.22. The van der Waals surface area contributed by atoms with Gasteiger partial charge in [0.1, 0.15) is 0 Å². The minimum atomic E-state index is 0.234. The molecule has 1 aliphatic rings. The van der Waals surface area contributed by atoms with Gasteiger partial charge >= 0.3 is 0 Å². The first-order valence-electron chi connectivity index (χ1n) is 6.46. The highest BCUT2D eigenvalue weighted by Crippen LogP contribution is 2.36. The molecule has 0 amide bonds. The number of hydrogen-bond acceptors (Lipinski definition) is 3. The quantitative estimate of drug-likeness (QED) is 0.608. The van der Waals surface area contributed by atoms with Crippen LogP contribution in [0.2, 0.25) is 5.02 Å². The first-order valence-corrected chi connectivity index (χ1v) is 6.84. The Morgan fingerprint density at radius 2 is 1.95 bits per heavy atom. The summed E-state index contributed by atoms with van der Waals surface area (Å²) in [6.07, 6.45) is 1.82. The zero-order valence-corrected chi connectivity index (χ0v) is 12.1. The van der Waals surface area contributed by atoms with E-state index in [1.165, 1.54) is 0 Å². The number of rotatable bonds is 2. The summed E-state index contributed by atoms with van der Waals surface area (Å²) in [6, 6.07) is 13.3. The Morgan fingerprint density at radius 1 is 1.24 bits per heavy atom. The lowest BCUT2D eigenvalue weighted by molar-refractivity contribution is 0.174. The summed E-state index contributed by atoms with van der Waals surface area (Å²) in [5.41, 5.74) is 3.16. The maximum Gasteiger partial charge on any atom is 0.231 e. The molecule has 0 saturated carbocycles. The lowest BCUT2D eigenvalue weighted by Crippen LogP contribution is -1.92. The monoisotopic (exact) mass is 297 g/mol. The molecule has 0 unspecified atom stereocenters. The topological polar surface area (TPSA) is 42.2 Å². The fraction of sp³-hybridized carbons (Fsp3) is 0.118. The second-order valence-electron chi connectivity index (χ2n) is 4.71. The molecule has 0 bridgehead atoms. The maximum absolute atomic E-state index is 9.42. The lowest BCUT2D eigenvalue weighted by atomic mass is 10.0. The first-order chi connectivity index (χ1) is 10.2. The highest BCUT2D eigenvalue weighted by molar-refractivity contribution is 6.32. The third-order valence-electron chi connectivity index (χ3n) is 3.35. The van der Waals surface area contributed by atoms with Gasteiger partial charge in [-0.2, -0.15) is 5.26 Å². The molecule has 0 aromatic heterocycles. The fourth-order valence-corrected chi connectivity index (χ4v) is 2.46. The molecule has 21 heavy (non-hydrogen) atoms. The standard InChI is InChI=1S/C17H12ClNO2/c1-11-6-16-17(21-10-20-16)8-12(11)7-13(9-19)14-4-2-3-5-15(14)18/h2-8H,10H2,1H3. The summed E-state index contributed by atoms with van der Waals surface area (Å²) in [5.74, 6) is 1.43. The Labute approximate surface area is 128 Å². The number of nitrogens with zero attached hydrogens (tertiary/aromatic N) is 1. The van der Waals surface area contributed by atoms with Gasteiger partial charge in [-0.25, -0.2) is 0 Å². The Bertz CT molecular complexity index is 775. The van der Waals surface area contributed by atoms with Crippen molar-refractivity contribution in [2.24, 2.45) is 0 Å². The Balaban J connectivity index is 2.08. The summed E-state index contributed by atoms with van der Waals surface area (Å²) in [5, 5.41) is 9.98. The van der Waals surface area contributed by atoms with Crippen LogP contribution in [-0.4, -0.2) is 6.79 Å². The number of halogens is 1. The molecule has 0 spiro atoms. The molecule has 0 fully saturated rings. The Kier molecular flexibility index (Phi) is 3.55. The summed E-state index contributed by atoms with van der Waals surface area (Å²) in [4.78, 5) is 0. The number of allylic oxidation sites excluding steroid dienone is 1. The molecule has 0 radical (unpaired) electrons. The second-order valence-corrected chi connectivity index (χ2v) is 5.12. The number of benzene rings is 2. The van der Waals surface area contributed by atoms with Gasteiger partial charge in [-0.1, -0.05) is 29.8 Å². The van der Waals surface area contributed by atoms with Crippen LogP contribution >= 0.6 is 11.6 Å². The summed E-state index contributed by atoms with van der Waals surface area (Å²) in [6.45, 7) is 2.20. The number of hydrogen-bond donors (Lipinski definition) is 0. The van der Waals surface area contributed by atoms with E-state index >= 15 is 0 Å². The van der Waals surface area contributed by atoms with E-state index in [4.69, 9.17) is 21.1 Å². The van der Waals surface area contributed by atoms with Gasteiger partial charge in [-0.05, 0) is 42.3 Å². The normalized spacial score (nSPS) is 13.1. The first kappa shape index (κ1) is 13.5.